The lowest BCUT2D eigenvalue weighted by Gasteiger charge is -2.44. The van der Waals surface area contributed by atoms with Crippen molar-refractivity contribution in [3.63, 3.8) is 0 Å². The molecule has 3 aromatic rings. The zero-order chi connectivity index (χ0) is 42.7. The van der Waals surface area contributed by atoms with Gasteiger partial charge in [0.05, 0.1) is 7.11 Å². The molecule has 2 aliphatic rings. The van der Waals surface area contributed by atoms with E-state index in [4.69, 9.17) is 9.16 Å². The second kappa shape index (κ2) is 20.4. The molecule has 2 aliphatic heterocycles. The molecule has 0 spiro atoms. The number of hydrogen-bond acceptors (Lipinski definition) is 7. The molecule has 0 aliphatic carbocycles. The van der Waals surface area contributed by atoms with Crippen LogP contribution in [0.3, 0.4) is 0 Å². The van der Waals surface area contributed by atoms with Gasteiger partial charge in [-0.2, -0.15) is 0 Å². The summed E-state index contributed by atoms with van der Waals surface area (Å²) in [6.45, 7) is 12.7. The number of benzene rings is 3. The van der Waals surface area contributed by atoms with Crippen LogP contribution in [0.5, 0.6) is 5.75 Å². The van der Waals surface area contributed by atoms with E-state index in [9.17, 15) is 24.0 Å². The first-order chi connectivity index (χ1) is 28.2. The Labute approximate surface area is 351 Å². The quantitative estimate of drug-likeness (QED) is 0.133. The minimum absolute atomic E-state index is 0.0177. The molecule has 3 aromatic carbocycles. The van der Waals surface area contributed by atoms with Gasteiger partial charge in [0.25, 0.3) is 8.32 Å². The summed E-state index contributed by atoms with van der Waals surface area (Å²) in [5.41, 5.74) is 0.794. The second-order valence-electron chi connectivity index (χ2n) is 17.2. The number of methoxy groups -OCH3 is 1. The van der Waals surface area contributed by atoms with Gasteiger partial charge in [-0.25, -0.2) is 0 Å². The summed E-state index contributed by atoms with van der Waals surface area (Å²) in [4.78, 5) is 71.3. The van der Waals surface area contributed by atoms with Crippen LogP contribution in [0.15, 0.2) is 84.9 Å². The minimum Gasteiger partial charge on any atom is -0.497 e. The van der Waals surface area contributed by atoms with Gasteiger partial charge in [0.2, 0.25) is 23.6 Å². The zero-order valence-corrected chi connectivity index (χ0v) is 36.9. The number of ether oxygens (including phenoxy) is 1. The molecule has 0 radical (unpaired) electrons. The van der Waals surface area contributed by atoms with Crippen LogP contribution in [0.2, 0.25) is 5.04 Å². The number of amides is 4. The first-order valence-corrected chi connectivity index (χ1v) is 23.3. The third-order valence-electron chi connectivity index (χ3n) is 12.1. The van der Waals surface area contributed by atoms with Crippen LogP contribution in [0.1, 0.15) is 98.5 Å². The van der Waals surface area contributed by atoms with Crippen molar-refractivity contribution in [1.29, 1.82) is 0 Å². The van der Waals surface area contributed by atoms with E-state index in [1.807, 2.05) is 69.3 Å². The first-order valence-electron chi connectivity index (χ1n) is 21.4. The lowest BCUT2D eigenvalue weighted by Crippen LogP contribution is -2.68. The van der Waals surface area contributed by atoms with Gasteiger partial charge in [-0.05, 0) is 71.6 Å². The Kier molecular flexibility index (Phi) is 15.7. The highest BCUT2D eigenvalue weighted by molar-refractivity contribution is 6.99. The monoisotopic (exact) mass is 824 g/mol. The summed E-state index contributed by atoms with van der Waals surface area (Å²) < 4.78 is 12.3. The van der Waals surface area contributed by atoms with E-state index >= 15 is 0 Å². The Morgan fingerprint density at radius 2 is 1.39 bits per heavy atom. The Morgan fingerprint density at radius 3 is 1.97 bits per heavy atom. The van der Waals surface area contributed by atoms with Crippen molar-refractivity contribution in [1.82, 2.24) is 20.9 Å². The van der Waals surface area contributed by atoms with Crippen molar-refractivity contribution >= 4 is 48.1 Å². The van der Waals surface area contributed by atoms with Crippen molar-refractivity contribution in [2.24, 2.45) is 5.92 Å². The zero-order valence-electron chi connectivity index (χ0n) is 35.9. The molecule has 2 heterocycles. The van der Waals surface area contributed by atoms with Crippen molar-refractivity contribution in [2.75, 3.05) is 13.7 Å². The predicted octanol–water partition coefficient (Wildman–Crippen LogP) is 5.23. The summed E-state index contributed by atoms with van der Waals surface area (Å²) in [6.07, 6.45) is 3.67. The van der Waals surface area contributed by atoms with Crippen LogP contribution < -0.4 is 31.1 Å². The third-order valence-corrected chi connectivity index (χ3v) is 17.2. The van der Waals surface area contributed by atoms with Gasteiger partial charge in [0.1, 0.15) is 36.0 Å². The largest absolute Gasteiger partial charge is 0.497 e. The fraction of sp³-hybridized carbons (Fsp3) is 0.511. The van der Waals surface area contributed by atoms with Crippen LogP contribution >= 0.6 is 0 Å². The fourth-order valence-electron chi connectivity index (χ4n) is 8.48. The molecule has 2 fully saturated rings. The Morgan fingerprint density at radius 1 is 0.797 bits per heavy atom. The Bertz CT molecular complexity index is 1850. The Balaban J connectivity index is 1.29. The Hall–Kier alpha value is -4.81. The summed E-state index contributed by atoms with van der Waals surface area (Å²) in [5, 5.41) is 10.8. The number of carbonyl (C=O) groups excluding carboxylic acids is 5. The highest BCUT2D eigenvalue weighted by atomic mass is 28.4. The van der Waals surface area contributed by atoms with E-state index in [0.717, 1.165) is 15.9 Å². The number of carbonyl (C=O) groups is 5. The summed E-state index contributed by atoms with van der Waals surface area (Å²) in [7, 11) is -1.34. The molecule has 5 rings (SSSR count). The van der Waals surface area contributed by atoms with Crippen molar-refractivity contribution in [3.8, 4) is 5.75 Å². The third kappa shape index (κ3) is 10.9. The van der Waals surface area contributed by atoms with E-state index in [1.54, 1.807) is 24.1 Å². The van der Waals surface area contributed by atoms with Gasteiger partial charge in [0, 0.05) is 19.4 Å². The number of Topliss-reactive ketones (excluding diaryl/α,β-unsaturated/α-hetero) is 1. The van der Waals surface area contributed by atoms with Crippen LogP contribution in [0.25, 0.3) is 0 Å². The molecule has 11 nitrogen and oxygen atoms in total. The van der Waals surface area contributed by atoms with Gasteiger partial charge in [-0.15, -0.1) is 0 Å². The number of hydrogen-bond donors (Lipinski definition) is 3. The van der Waals surface area contributed by atoms with E-state index < -0.39 is 50.4 Å². The van der Waals surface area contributed by atoms with E-state index in [1.165, 1.54) is 0 Å². The summed E-state index contributed by atoms with van der Waals surface area (Å²) in [5.74, 6) is -1.09. The minimum atomic E-state index is -2.92. The van der Waals surface area contributed by atoms with Gasteiger partial charge >= 0.3 is 0 Å². The lowest BCUT2D eigenvalue weighted by molar-refractivity contribution is -0.144. The molecular formula is C47H64N4O7Si. The standard InChI is InChI=1S/C47H64N4O7Si/c1-8-32(2)42-46(56)51-30-18-24-40(51)45(55)48-38(43(53)49-39(44(54)50-42)31-34-26-28-35(57-7)29-27-34)23-16-11-17-25-41(52)33(3)58-59(47(4,5)6,36-19-12-9-13-20-36)37-21-14-10-15-22-37/h9-10,12-15,19-22,26-29,32-33,38-40,42H,8,11,16-18,23-25,30-31H2,1-7H3,(H,48,55)(H,49,53)(H,50,54)/t32-,33+,38-,39+,40+,42-/m0/s1. The average molecular weight is 825 g/mol. The normalized spacial score (nSPS) is 21.6. The van der Waals surface area contributed by atoms with Gasteiger partial charge < -0.3 is 30.0 Å². The maximum Gasteiger partial charge on any atom is 0.262 e. The molecule has 4 amide bonds. The number of unbranched alkanes of at least 4 members (excludes halogenated alkanes) is 2. The van der Waals surface area contributed by atoms with Gasteiger partial charge in [-0.3, -0.25) is 24.0 Å². The van der Waals surface area contributed by atoms with Crippen LogP contribution in [-0.4, -0.2) is 86.6 Å². The van der Waals surface area contributed by atoms with Gasteiger partial charge in [-0.1, -0.05) is 127 Å². The first kappa shape index (κ1) is 45.3. The van der Waals surface area contributed by atoms with E-state index in [-0.39, 0.29) is 35.0 Å². The molecule has 0 aromatic heterocycles. The fourth-order valence-corrected chi connectivity index (χ4v) is 13.2. The number of rotatable bonds is 16. The molecule has 318 valence electrons. The van der Waals surface area contributed by atoms with Crippen LogP contribution in [-0.2, 0) is 34.8 Å². The number of nitrogens with one attached hydrogen (secondary N) is 3. The highest BCUT2D eigenvalue weighted by Crippen LogP contribution is 2.37. The van der Waals surface area contributed by atoms with Crippen molar-refractivity contribution in [2.45, 2.75) is 135 Å². The lowest BCUT2D eigenvalue weighted by atomic mass is 9.95. The van der Waals surface area contributed by atoms with Crippen molar-refractivity contribution in [3.05, 3.63) is 90.5 Å². The molecule has 59 heavy (non-hydrogen) atoms. The van der Waals surface area contributed by atoms with E-state index in [0.29, 0.717) is 63.7 Å². The van der Waals surface area contributed by atoms with Crippen LogP contribution in [0.4, 0.5) is 0 Å². The number of ketones is 1. The molecular weight excluding hydrogens is 761 g/mol. The molecule has 12 heteroatoms. The van der Waals surface area contributed by atoms with Crippen molar-refractivity contribution < 1.29 is 33.1 Å². The molecule has 0 saturated carbocycles. The molecule has 2 saturated heterocycles. The molecule has 0 bridgehead atoms. The number of nitrogens with zero attached hydrogens (tertiary/aromatic N) is 1. The number of fused-ring (bicyclic) bond motifs is 1. The topological polar surface area (TPSA) is 143 Å². The second-order valence-corrected chi connectivity index (χ2v) is 21.5. The van der Waals surface area contributed by atoms with Gasteiger partial charge in [0.15, 0.2) is 5.78 Å². The van der Waals surface area contributed by atoms with E-state index in [2.05, 4.69) is 61.0 Å². The summed E-state index contributed by atoms with van der Waals surface area (Å²) in [6, 6.07) is 24.3. The summed E-state index contributed by atoms with van der Waals surface area (Å²) >= 11 is 0. The average Bonchev–Trinajstić information content (AvgIpc) is 3.74. The van der Waals surface area contributed by atoms with Crippen LogP contribution in [0, 0.1) is 5.92 Å². The maximum absolute atomic E-state index is 14.1. The molecule has 6 atom stereocenters. The SMILES string of the molecule is CC[C@H](C)[C@@H]1NC(=O)[C@@H](Cc2ccc(OC)cc2)NC(=O)[C@H](CCCCCC(=O)[C@@H](C)O[Si](c2ccccc2)(c2ccccc2)C(C)(C)C)NC(=O)[C@H]2CCCN2C1=O. The molecule has 0 unspecified atom stereocenters. The predicted molar refractivity (Wildman–Crippen MR) is 233 cm³/mol. The smallest absolute Gasteiger partial charge is 0.262 e. The molecule has 3 N–H and O–H groups in total. The highest BCUT2D eigenvalue weighted by Gasteiger charge is 2.51. The maximum atomic E-state index is 14.1.